The summed E-state index contributed by atoms with van der Waals surface area (Å²) in [5, 5.41) is 0. The third kappa shape index (κ3) is 3.04. The molecule has 0 spiro atoms. The van der Waals surface area contributed by atoms with Gasteiger partial charge in [0.1, 0.15) is 0 Å². The first kappa shape index (κ1) is 13.0. The summed E-state index contributed by atoms with van der Waals surface area (Å²) in [6, 6.07) is 1.40. The molecule has 1 fully saturated rings. The SMILES string of the molecule is CN(C[C@H]1CCCCO1)C(=O)c1ccncc1F. The number of carbonyl (C=O) groups is 1. The number of ether oxygens (including phenoxy) is 1. The molecule has 0 saturated carbocycles. The van der Waals surface area contributed by atoms with Crippen molar-refractivity contribution in [2.24, 2.45) is 0 Å². The molecular formula is C13H17FN2O2. The van der Waals surface area contributed by atoms with E-state index in [9.17, 15) is 9.18 Å². The average molecular weight is 252 g/mol. The Labute approximate surface area is 106 Å². The lowest BCUT2D eigenvalue weighted by Crippen LogP contribution is -2.37. The lowest BCUT2D eigenvalue weighted by molar-refractivity contribution is -0.000273. The van der Waals surface area contributed by atoms with Gasteiger partial charge in [-0.25, -0.2) is 4.39 Å². The van der Waals surface area contributed by atoms with E-state index in [2.05, 4.69) is 4.98 Å². The second-order valence-electron chi connectivity index (χ2n) is 4.53. The lowest BCUT2D eigenvalue weighted by atomic mass is 10.1. The van der Waals surface area contributed by atoms with Gasteiger partial charge >= 0.3 is 0 Å². The Morgan fingerprint density at radius 1 is 1.61 bits per heavy atom. The van der Waals surface area contributed by atoms with Crippen LogP contribution in [0.5, 0.6) is 0 Å². The first-order valence-corrected chi connectivity index (χ1v) is 6.15. The molecule has 2 heterocycles. The first-order valence-electron chi connectivity index (χ1n) is 6.15. The minimum atomic E-state index is -0.584. The summed E-state index contributed by atoms with van der Waals surface area (Å²) >= 11 is 0. The predicted molar refractivity (Wildman–Crippen MR) is 64.7 cm³/mol. The Bertz CT molecular complexity index is 419. The van der Waals surface area contributed by atoms with Crippen LogP contribution >= 0.6 is 0 Å². The van der Waals surface area contributed by atoms with E-state index in [1.165, 1.54) is 17.2 Å². The summed E-state index contributed by atoms with van der Waals surface area (Å²) in [5.74, 6) is -0.914. The van der Waals surface area contributed by atoms with Crippen LogP contribution in [0.2, 0.25) is 0 Å². The highest BCUT2D eigenvalue weighted by Crippen LogP contribution is 2.15. The molecule has 1 saturated heterocycles. The van der Waals surface area contributed by atoms with Crippen molar-refractivity contribution in [2.75, 3.05) is 20.2 Å². The molecule has 1 amide bonds. The number of hydrogen-bond acceptors (Lipinski definition) is 3. The van der Waals surface area contributed by atoms with E-state index in [-0.39, 0.29) is 17.6 Å². The molecule has 1 atom stereocenters. The van der Waals surface area contributed by atoms with Crippen LogP contribution in [0.15, 0.2) is 18.5 Å². The average Bonchev–Trinajstić information content (AvgIpc) is 2.39. The molecule has 0 radical (unpaired) electrons. The predicted octanol–water partition coefficient (Wildman–Crippen LogP) is 1.86. The van der Waals surface area contributed by atoms with Gasteiger partial charge in [-0.3, -0.25) is 9.78 Å². The van der Waals surface area contributed by atoms with Crippen LogP contribution in [0.3, 0.4) is 0 Å². The van der Waals surface area contributed by atoms with E-state index in [0.29, 0.717) is 6.54 Å². The normalized spacial score (nSPS) is 19.6. The number of aromatic nitrogens is 1. The van der Waals surface area contributed by atoms with E-state index in [1.54, 1.807) is 7.05 Å². The van der Waals surface area contributed by atoms with Crippen molar-refractivity contribution in [3.63, 3.8) is 0 Å². The minimum Gasteiger partial charge on any atom is -0.376 e. The Balaban J connectivity index is 1.98. The smallest absolute Gasteiger partial charge is 0.256 e. The largest absolute Gasteiger partial charge is 0.376 e. The fourth-order valence-corrected chi connectivity index (χ4v) is 2.09. The summed E-state index contributed by atoms with van der Waals surface area (Å²) in [5.41, 5.74) is 0.0586. The zero-order valence-corrected chi connectivity index (χ0v) is 10.4. The van der Waals surface area contributed by atoms with E-state index < -0.39 is 5.82 Å². The molecule has 4 nitrogen and oxygen atoms in total. The Morgan fingerprint density at radius 2 is 2.44 bits per heavy atom. The molecule has 0 bridgehead atoms. The van der Waals surface area contributed by atoms with Crippen molar-refractivity contribution >= 4 is 5.91 Å². The molecule has 18 heavy (non-hydrogen) atoms. The maximum atomic E-state index is 13.4. The zero-order valence-electron chi connectivity index (χ0n) is 10.4. The van der Waals surface area contributed by atoms with Crippen LogP contribution in [-0.2, 0) is 4.74 Å². The van der Waals surface area contributed by atoms with Gasteiger partial charge in [0, 0.05) is 26.4 Å². The number of carbonyl (C=O) groups excluding carboxylic acids is 1. The molecule has 0 N–H and O–H groups in total. The number of rotatable bonds is 3. The quantitative estimate of drug-likeness (QED) is 0.824. The van der Waals surface area contributed by atoms with Crippen LogP contribution in [0.1, 0.15) is 29.6 Å². The third-order valence-corrected chi connectivity index (χ3v) is 3.10. The molecule has 1 aliphatic heterocycles. The molecule has 2 rings (SSSR count). The molecule has 0 aliphatic carbocycles. The van der Waals surface area contributed by atoms with Crippen LogP contribution in [-0.4, -0.2) is 42.1 Å². The summed E-state index contributed by atoms with van der Waals surface area (Å²) in [4.78, 5) is 17.2. The second kappa shape index (κ2) is 5.91. The van der Waals surface area contributed by atoms with E-state index in [0.717, 1.165) is 32.1 Å². The zero-order chi connectivity index (χ0) is 13.0. The van der Waals surface area contributed by atoms with Crippen molar-refractivity contribution in [1.29, 1.82) is 0 Å². The summed E-state index contributed by atoms with van der Waals surface area (Å²) < 4.78 is 19.0. The third-order valence-electron chi connectivity index (χ3n) is 3.10. The van der Waals surface area contributed by atoms with Gasteiger partial charge in [-0.2, -0.15) is 0 Å². The highest BCUT2D eigenvalue weighted by atomic mass is 19.1. The fraction of sp³-hybridized carbons (Fsp3) is 0.538. The maximum absolute atomic E-state index is 13.4. The van der Waals surface area contributed by atoms with Crippen LogP contribution in [0, 0.1) is 5.82 Å². The van der Waals surface area contributed by atoms with Crippen molar-refractivity contribution < 1.29 is 13.9 Å². The van der Waals surface area contributed by atoms with E-state index >= 15 is 0 Å². The molecule has 0 unspecified atom stereocenters. The lowest BCUT2D eigenvalue weighted by Gasteiger charge is -2.27. The standard InChI is InChI=1S/C13H17FN2O2/c1-16(9-10-4-2-3-7-18-10)13(17)11-5-6-15-8-12(11)14/h5-6,8,10H,2-4,7,9H2,1H3/t10-/m1/s1. The van der Waals surface area contributed by atoms with E-state index in [1.807, 2.05) is 0 Å². The second-order valence-corrected chi connectivity index (χ2v) is 4.53. The number of halogens is 1. The van der Waals surface area contributed by atoms with Gasteiger partial charge < -0.3 is 9.64 Å². The Kier molecular flexibility index (Phi) is 4.25. The van der Waals surface area contributed by atoms with Gasteiger partial charge in [0.25, 0.3) is 5.91 Å². The summed E-state index contributed by atoms with van der Waals surface area (Å²) in [7, 11) is 1.67. The molecule has 1 aliphatic rings. The van der Waals surface area contributed by atoms with Crippen LogP contribution in [0.25, 0.3) is 0 Å². The highest BCUT2D eigenvalue weighted by Gasteiger charge is 2.21. The van der Waals surface area contributed by atoms with Gasteiger partial charge in [-0.15, -0.1) is 0 Å². The number of pyridine rings is 1. The van der Waals surface area contributed by atoms with Crippen molar-refractivity contribution in [3.05, 3.63) is 29.8 Å². The Hall–Kier alpha value is -1.49. The Morgan fingerprint density at radius 3 is 3.11 bits per heavy atom. The van der Waals surface area contributed by atoms with Gasteiger partial charge in [0.05, 0.1) is 17.9 Å². The summed E-state index contributed by atoms with van der Waals surface area (Å²) in [6.07, 6.45) is 5.69. The van der Waals surface area contributed by atoms with Crippen molar-refractivity contribution in [3.8, 4) is 0 Å². The fourth-order valence-electron chi connectivity index (χ4n) is 2.09. The first-order chi connectivity index (χ1) is 8.68. The maximum Gasteiger partial charge on any atom is 0.256 e. The van der Waals surface area contributed by atoms with Gasteiger partial charge in [0.2, 0.25) is 0 Å². The molecule has 98 valence electrons. The monoisotopic (exact) mass is 252 g/mol. The molecule has 1 aromatic heterocycles. The molecule has 5 heteroatoms. The molecule has 0 aromatic carbocycles. The van der Waals surface area contributed by atoms with Gasteiger partial charge in [0.15, 0.2) is 5.82 Å². The molecule has 1 aromatic rings. The van der Waals surface area contributed by atoms with Gasteiger partial charge in [-0.1, -0.05) is 0 Å². The topological polar surface area (TPSA) is 42.4 Å². The van der Waals surface area contributed by atoms with Crippen LogP contribution in [0.4, 0.5) is 4.39 Å². The number of amides is 1. The summed E-state index contributed by atoms with van der Waals surface area (Å²) in [6.45, 7) is 1.25. The highest BCUT2D eigenvalue weighted by molar-refractivity contribution is 5.94. The molecular weight excluding hydrogens is 235 g/mol. The van der Waals surface area contributed by atoms with Crippen molar-refractivity contribution in [2.45, 2.75) is 25.4 Å². The number of likely N-dealkylation sites (N-methyl/N-ethyl adjacent to an activating group) is 1. The minimum absolute atomic E-state index is 0.0586. The van der Waals surface area contributed by atoms with Crippen LogP contribution < -0.4 is 0 Å². The number of nitrogens with zero attached hydrogens (tertiary/aromatic N) is 2. The number of hydrogen-bond donors (Lipinski definition) is 0. The van der Waals surface area contributed by atoms with E-state index in [4.69, 9.17) is 4.74 Å². The van der Waals surface area contributed by atoms with Gasteiger partial charge in [-0.05, 0) is 25.3 Å². The van der Waals surface area contributed by atoms with Crippen molar-refractivity contribution in [1.82, 2.24) is 9.88 Å².